The summed E-state index contributed by atoms with van der Waals surface area (Å²) in [7, 11) is -3.49. The number of benzene rings is 2. The van der Waals surface area contributed by atoms with Gasteiger partial charge in [0.05, 0.1) is 4.90 Å². The van der Waals surface area contributed by atoms with E-state index in [1.807, 2.05) is 18.2 Å². The second kappa shape index (κ2) is 8.29. The van der Waals surface area contributed by atoms with Crippen molar-refractivity contribution in [2.24, 2.45) is 0 Å². The summed E-state index contributed by atoms with van der Waals surface area (Å²) in [6.07, 6.45) is 0. The van der Waals surface area contributed by atoms with Crippen LogP contribution in [0.25, 0.3) is 10.1 Å². The predicted molar refractivity (Wildman–Crippen MR) is 110 cm³/mol. The van der Waals surface area contributed by atoms with Crippen LogP contribution in [0.1, 0.15) is 5.56 Å². The van der Waals surface area contributed by atoms with Crippen LogP contribution in [0.15, 0.2) is 52.7 Å². The van der Waals surface area contributed by atoms with E-state index in [-0.39, 0.29) is 4.90 Å². The predicted octanol–water partition coefficient (Wildman–Crippen LogP) is 5.42. The Kier molecular flexibility index (Phi) is 6.30. The maximum absolute atomic E-state index is 12.2. The number of hydrogen-bond donors (Lipinski definition) is 1. The van der Waals surface area contributed by atoms with Gasteiger partial charge >= 0.3 is 0 Å². The van der Waals surface area contributed by atoms with E-state index >= 15 is 0 Å². The summed E-state index contributed by atoms with van der Waals surface area (Å²) in [6.45, 7) is 0.373. The Morgan fingerprint density at radius 3 is 2.52 bits per heavy atom. The first kappa shape index (κ1) is 19.0. The summed E-state index contributed by atoms with van der Waals surface area (Å²) in [4.78, 5) is 0.223. The van der Waals surface area contributed by atoms with Crippen LogP contribution in [-0.4, -0.2) is 20.7 Å². The van der Waals surface area contributed by atoms with Crippen molar-refractivity contribution in [1.29, 1.82) is 0 Å². The fraction of sp³-hybridized carbons (Fsp3) is 0.176. The Morgan fingerprint density at radius 2 is 1.76 bits per heavy atom. The molecule has 0 aliphatic carbocycles. The number of halogens is 2. The molecule has 0 amide bonds. The zero-order valence-corrected chi connectivity index (χ0v) is 17.0. The number of hydrogen-bond acceptors (Lipinski definition) is 4. The van der Waals surface area contributed by atoms with E-state index in [9.17, 15) is 8.42 Å². The van der Waals surface area contributed by atoms with Crippen molar-refractivity contribution >= 4 is 66.4 Å². The highest BCUT2D eigenvalue weighted by Gasteiger charge is 2.13. The molecule has 1 heterocycles. The van der Waals surface area contributed by atoms with Gasteiger partial charge in [-0.2, -0.15) is 11.8 Å². The molecule has 3 rings (SSSR count). The first-order valence-corrected chi connectivity index (χ1v) is 11.7. The van der Waals surface area contributed by atoms with Crippen LogP contribution in [0.3, 0.4) is 0 Å². The number of fused-ring (bicyclic) bond motifs is 1. The van der Waals surface area contributed by atoms with E-state index in [1.54, 1.807) is 35.2 Å². The summed E-state index contributed by atoms with van der Waals surface area (Å²) in [6, 6.07) is 12.0. The monoisotopic (exact) mass is 431 g/mol. The van der Waals surface area contributed by atoms with E-state index < -0.39 is 10.0 Å². The lowest BCUT2D eigenvalue weighted by Gasteiger charge is -2.07. The van der Waals surface area contributed by atoms with Gasteiger partial charge in [-0.05, 0) is 58.8 Å². The summed E-state index contributed by atoms with van der Waals surface area (Å²) in [5.41, 5.74) is 1.23. The number of rotatable bonds is 7. The smallest absolute Gasteiger partial charge is 0.210 e. The standard InChI is InChI=1S/C17H15Cl2NO2S3/c18-13-1-4-15(5-2-13)25(21,22)20-7-8-23-10-12-11-24-17-6-3-14(19)9-16(12)17/h1-6,9,11,20H,7-8,10H2. The quantitative estimate of drug-likeness (QED) is 0.507. The minimum Gasteiger partial charge on any atom is -0.210 e. The zero-order chi connectivity index (χ0) is 17.9. The molecule has 0 bridgehead atoms. The zero-order valence-electron chi connectivity index (χ0n) is 13.0. The van der Waals surface area contributed by atoms with Gasteiger partial charge in [-0.15, -0.1) is 11.3 Å². The SMILES string of the molecule is O=S(=O)(NCCSCc1csc2ccc(Cl)cc12)c1ccc(Cl)cc1. The van der Waals surface area contributed by atoms with Crippen LogP contribution in [-0.2, 0) is 15.8 Å². The molecule has 3 aromatic rings. The Morgan fingerprint density at radius 1 is 1.04 bits per heavy atom. The molecular weight excluding hydrogens is 417 g/mol. The van der Waals surface area contributed by atoms with Crippen molar-refractivity contribution in [2.75, 3.05) is 12.3 Å². The third kappa shape index (κ3) is 4.90. The van der Waals surface area contributed by atoms with E-state index in [2.05, 4.69) is 10.1 Å². The highest BCUT2D eigenvalue weighted by atomic mass is 35.5. The number of thioether (sulfide) groups is 1. The highest BCUT2D eigenvalue weighted by Crippen LogP contribution is 2.30. The molecule has 0 spiro atoms. The van der Waals surface area contributed by atoms with Crippen LogP contribution >= 0.6 is 46.3 Å². The van der Waals surface area contributed by atoms with Gasteiger partial charge in [0, 0.05) is 32.8 Å². The Labute approximate surface area is 165 Å². The number of thiophene rings is 1. The molecule has 1 N–H and O–H groups in total. The molecule has 0 aliphatic heterocycles. The molecule has 3 nitrogen and oxygen atoms in total. The van der Waals surface area contributed by atoms with Crippen molar-refractivity contribution in [3.05, 3.63) is 63.5 Å². The summed E-state index contributed by atoms with van der Waals surface area (Å²) >= 11 is 15.2. The molecule has 1 aromatic heterocycles. The van der Waals surface area contributed by atoms with Crippen molar-refractivity contribution in [3.8, 4) is 0 Å². The molecule has 0 unspecified atom stereocenters. The first-order valence-electron chi connectivity index (χ1n) is 7.44. The van der Waals surface area contributed by atoms with Crippen LogP contribution in [0.4, 0.5) is 0 Å². The van der Waals surface area contributed by atoms with Gasteiger partial charge < -0.3 is 0 Å². The molecular formula is C17H15Cl2NO2S3. The molecule has 0 saturated carbocycles. The minimum atomic E-state index is -3.49. The van der Waals surface area contributed by atoms with E-state index in [4.69, 9.17) is 23.2 Å². The van der Waals surface area contributed by atoms with Gasteiger partial charge in [0.1, 0.15) is 0 Å². The maximum atomic E-state index is 12.2. The third-order valence-corrected chi connectivity index (χ3v) is 7.52. The van der Waals surface area contributed by atoms with E-state index in [0.717, 1.165) is 10.8 Å². The lowest BCUT2D eigenvalue weighted by atomic mass is 10.2. The van der Waals surface area contributed by atoms with Gasteiger partial charge in [0.15, 0.2) is 0 Å². The molecule has 132 valence electrons. The van der Waals surface area contributed by atoms with Crippen LogP contribution in [0, 0.1) is 0 Å². The fourth-order valence-electron chi connectivity index (χ4n) is 2.29. The van der Waals surface area contributed by atoms with Gasteiger partial charge in [-0.1, -0.05) is 23.2 Å². The largest absolute Gasteiger partial charge is 0.240 e. The summed E-state index contributed by atoms with van der Waals surface area (Å²) in [5, 5.41) is 4.54. The Hall–Kier alpha value is -0.760. The molecule has 0 fully saturated rings. The molecule has 8 heteroatoms. The number of nitrogens with one attached hydrogen (secondary N) is 1. The molecule has 25 heavy (non-hydrogen) atoms. The average molecular weight is 432 g/mol. The number of sulfonamides is 1. The second-order valence-electron chi connectivity index (χ2n) is 5.31. The highest BCUT2D eigenvalue weighted by molar-refractivity contribution is 7.98. The topological polar surface area (TPSA) is 46.2 Å². The van der Waals surface area contributed by atoms with Crippen molar-refractivity contribution in [3.63, 3.8) is 0 Å². The normalized spacial score (nSPS) is 11.9. The van der Waals surface area contributed by atoms with Gasteiger partial charge in [0.25, 0.3) is 0 Å². The van der Waals surface area contributed by atoms with Crippen molar-refractivity contribution in [2.45, 2.75) is 10.6 Å². The summed E-state index contributed by atoms with van der Waals surface area (Å²) < 4.78 is 28.2. The van der Waals surface area contributed by atoms with Gasteiger partial charge in [-0.25, -0.2) is 13.1 Å². The van der Waals surface area contributed by atoms with Crippen molar-refractivity contribution in [1.82, 2.24) is 4.72 Å². The average Bonchev–Trinajstić information content (AvgIpc) is 2.97. The molecule has 0 saturated heterocycles. The fourth-order valence-corrected chi connectivity index (χ4v) is 5.65. The Bertz CT molecular complexity index is 969. The van der Waals surface area contributed by atoms with Crippen LogP contribution in [0.5, 0.6) is 0 Å². The minimum absolute atomic E-state index is 0.223. The molecule has 0 aliphatic rings. The van der Waals surface area contributed by atoms with E-state index in [1.165, 1.54) is 27.8 Å². The van der Waals surface area contributed by atoms with Crippen LogP contribution in [0.2, 0.25) is 10.0 Å². The lowest BCUT2D eigenvalue weighted by Crippen LogP contribution is -2.26. The molecule has 0 radical (unpaired) electrons. The van der Waals surface area contributed by atoms with E-state index in [0.29, 0.717) is 17.3 Å². The summed E-state index contributed by atoms with van der Waals surface area (Å²) in [5.74, 6) is 1.51. The third-order valence-electron chi connectivity index (χ3n) is 3.54. The molecule has 0 atom stereocenters. The van der Waals surface area contributed by atoms with Gasteiger partial charge in [-0.3, -0.25) is 0 Å². The lowest BCUT2D eigenvalue weighted by molar-refractivity contribution is 0.584. The van der Waals surface area contributed by atoms with Crippen molar-refractivity contribution < 1.29 is 8.42 Å². The maximum Gasteiger partial charge on any atom is 0.240 e. The molecule has 2 aromatic carbocycles. The van der Waals surface area contributed by atoms with Gasteiger partial charge in [0.2, 0.25) is 10.0 Å². The second-order valence-corrected chi connectivity index (χ2v) is 9.96. The Balaban J connectivity index is 1.51. The van der Waals surface area contributed by atoms with Crippen LogP contribution < -0.4 is 4.72 Å². The first-order chi connectivity index (χ1) is 12.0.